The quantitative estimate of drug-likeness (QED) is 0.917. The summed E-state index contributed by atoms with van der Waals surface area (Å²) in [6.45, 7) is 9.02. The molecule has 4 nitrogen and oxygen atoms in total. The Hall–Kier alpha value is -1.68. The molecule has 0 saturated heterocycles. The van der Waals surface area contributed by atoms with Crippen molar-refractivity contribution >= 4 is 0 Å². The lowest BCUT2D eigenvalue weighted by Gasteiger charge is -2.27. The van der Waals surface area contributed by atoms with Gasteiger partial charge in [0.05, 0.1) is 6.54 Å². The van der Waals surface area contributed by atoms with Gasteiger partial charge in [0.1, 0.15) is 11.6 Å². The summed E-state index contributed by atoms with van der Waals surface area (Å²) in [6.07, 6.45) is 0. The second-order valence-electron chi connectivity index (χ2n) is 5.60. The van der Waals surface area contributed by atoms with Crippen LogP contribution in [0.4, 0.5) is 0 Å². The van der Waals surface area contributed by atoms with Crippen molar-refractivity contribution in [3.63, 3.8) is 0 Å². The van der Waals surface area contributed by atoms with Gasteiger partial charge in [-0.3, -0.25) is 0 Å². The zero-order valence-corrected chi connectivity index (χ0v) is 12.1. The highest BCUT2D eigenvalue weighted by Crippen LogP contribution is 2.31. The highest BCUT2D eigenvalue weighted by molar-refractivity contribution is 5.31. The van der Waals surface area contributed by atoms with E-state index in [4.69, 9.17) is 5.73 Å². The van der Waals surface area contributed by atoms with Crippen LogP contribution in [0.5, 0.6) is 0 Å². The van der Waals surface area contributed by atoms with Crippen LogP contribution in [0, 0.1) is 0 Å². The van der Waals surface area contributed by atoms with Crippen LogP contribution in [-0.2, 0) is 12.0 Å². The van der Waals surface area contributed by atoms with Crippen molar-refractivity contribution in [2.45, 2.75) is 45.7 Å². The summed E-state index contributed by atoms with van der Waals surface area (Å²) in [6, 6.07) is 10.7. The fraction of sp³-hybridized carbons (Fsp3) is 0.467. The van der Waals surface area contributed by atoms with E-state index in [0.29, 0.717) is 12.6 Å². The molecule has 2 aromatic rings. The van der Waals surface area contributed by atoms with Crippen molar-refractivity contribution in [2.75, 3.05) is 0 Å². The van der Waals surface area contributed by atoms with Gasteiger partial charge >= 0.3 is 0 Å². The maximum absolute atomic E-state index is 5.76. The van der Waals surface area contributed by atoms with E-state index >= 15 is 0 Å². The Morgan fingerprint density at radius 3 is 2.32 bits per heavy atom. The van der Waals surface area contributed by atoms with E-state index in [-0.39, 0.29) is 5.41 Å². The monoisotopic (exact) mass is 258 g/mol. The predicted molar refractivity (Wildman–Crippen MR) is 76.9 cm³/mol. The average molecular weight is 258 g/mol. The Balaban J connectivity index is 2.55. The molecule has 0 aliphatic carbocycles. The molecule has 4 heteroatoms. The maximum Gasteiger partial charge on any atom is 0.147 e. The lowest BCUT2D eigenvalue weighted by molar-refractivity contribution is 0.481. The van der Waals surface area contributed by atoms with Gasteiger partial charge in [0.15, 0.2) is 0 Å². The lowest BCUT2D eigenvalue weighted by atomic mass is 9.83. The van der Waals surface area contributed by atoms with E-state index in [9.17, 15) is 0 Å². The smallest absolute Gasteiger partial charge is 0.147 e. The first-order valence-corrected chi connectivity index (χ1v) is 6.68. The van der Waals surface area contributed by atoms with Gasteiger partial charge in [-0.1, -0.05) is 30.3 Å². The van der Waals surface area contributed by atoms with Gasteiger partial charge in [-0.05, 0) is 33.3 Å². The van der Waals surface area contributed by atoms with Crippen LogP contribution >= 0.6 is 0 Å². The van der Waals surface area contributed by atoms with Crippen molar-refractivity contribution in [3.05, 3.63) is 47.5 Å². The van der Waals surface area contributed by atoms with E-state index in [1.54, 1.807) is 0 Å². The minimum absolute atomic E-state index is 0.189. The van der Waals surface area contributed by atoms with Crippen LogP contribution in [0.25, 0.3) is 0 Å². The summed E-state index contributed by atoms with van der Waals surface area (Å²) in [4.78, 5) is 0. The van der Waals surface area contributed by atoms with Crippen LogP contribution in [0.2, 0.25) is 0 Å². The molecular weight excluding hydrogens is 236 g/mol. The Morgan fingerprint density at radius 2 is 1.79 bits per heavy atom. The van der Waals surface area contributed by atoms with Crippen LogP contribution in [-0.4, -0.2) is 14.8 Å². The zero-order valence-electron chi connectivity index (χ0n) is 12.1. The van der Waals surface area contributed by atoms with Crippen LogP contribution in [0.1, 0.15) is 50.9 Å². The first kappa shape index (κ1) is 13.7. The molecule has 0 bridgehead atoms. The molecule has 102 valence electrons. The number of nitrogens with zero attached hydrogens (tertiary/aromatic N) is 3. The molecule has 0 aliphatic rings. The van der Waals surface area contributed by atoms with E-state index in [1.807, 2.05) is 6.07 Å². The minimum atomic E-state index is -0.189. The number of nitrogens with two attached hydrogens (primary N) is 1. The van der Waals surface area contributed by atoms with E-state index in [2.05, 4.69) is 66.7 Å². The average Bonchev–Trinajstić information content (AvgIpc) is 2.84. The molecule has 0 aliphatic heterocycles. The fourth-order valence-corrected chi connectivity index (χ4v) is 2.42. The number of hydrogen-bond acceptors (Lipinski definition) is 3. The molecule has 2 N–H and O–H groups in total. The third-order valence-corrected chi connectivity index (χ3v) is 3.52. The van der Waals surface area contributed by atoms with Crippen molar-refractivity contribution in [1.82, 2.24) is 14.8 Å². The summed E-state index contributed by atoms with van der Waals surface area (Å²) >= 11 is 0. The molecule has 0 spiro atoms. The van der Waals surface area contributed by atoms with Gasteiger partial charge in [-0.25, -0.2) is 0 Å². The number of hydrogen-bond donors (Lipinski definition) is 1. The van der Waals surface area contributed by atoms with E-state index < -0.39 is 0 Å². The predicted octanol–water partition coefficient (Wildman–Crippen LogP) is 2.64. The summed E-state index contributed by atoms with van der Waals surface area (Å²) in [5.74, 6) is 1.81. The van der Waals surface area contributed by atoms with Crippen molar-refractivity contribution in [3.8, 4) is 0 Å². The first-order valence-electron chi connectivity index (χ1n) is 6.68. The van der Waals surface area contributed by atoms with Gasteiger partial charge in [0, 0.05) is 11.5 Å². The van der Waals surface area contributed by atoms with Gasteiger partial charge in [0.2, 0.25) is 0 Å². The van der Waals surface area contributed by atoms with Crippen molar-refractivity contribution in [1.29, 1.82) is 0 Å². The third-order valence-electron chi connectivity index (χ3n) is 3.52. The zero-order chi connectivity index (χ0) is 14.0. The molecule has 1 heterocycles. The lowest BCUT2D eigenvalue weighted by Crippen LogP contribution is -2.26. The van der Waals surface area contributed by atoms with E-state index in [1.165, 1.54) is 5.56 Å². The highest BCUT2D eigenvalue weighted by atomic mass is 15.3. The summed E-state index contributed by atoms with van der Waals surface area (Å²) < 4.78 is 2.15. The molecule has 19 heavy (non-hydrogen) atoms. The topological polar surface area (TPSA) is 56.7 Å². The summed E-state index contributed by atoms with van der Waals surface area (Å²) in [5.41, 5.74) is 6.80. The fourth-order valence-electron chi connectivity index (χ4n) is 2.42. The molecule has 0 fully saturated rings. The highest BCUT2D eigenvalue weighted by Gasteiger charge is 2.30. The molecule has 0 radical (unpaired) electrons. The molecular formula is C15H22N4. The number of aromatic nitrogens is 3. The van der Waals surface area contributed by atoms with Crippen LogP contribution in [0.15, 0.2) is 30.3 Å². The minimum Gasteiger partial charge on any atom is -0.324 e. The Kier molecular flexibility index (Phi) is 3.71. The Labute approximate surface area is 114 Å². The van der Waals surface area contributed by atoms with Gasteiger partial charge in [0.25, 0.3) is 0 Å². The summed E-state index contributed by atoms with van der Waals surface area (Å²) in [5, 5.41) is 8.62. The molecule has 0 amide bonds. The molecule has 0 unspecified atom stereocenters. The maximum atomic E-state index is 5.76. The number of rotatable bonds is 4. The molecule has 1 aromatic carbocycles. The van der Waals surface area contributed by atoms with Gasteiger partial charge in [-0.2, -0.15) is 0 Å². The first-order chi connectivity index (χ1) is 8.98. The van der Waals surface area contributed by atoms with Gasteiger partial charge < -0.3 is 10.3 Å². The number of benzene rings is 1. The van der Waals surface area contributed by atoms with Crippen molar-refractivity contribution < 1.29 is 0 Å². The summed E-state index contributed by atoms with van der Waals surface area (Å²) in [7, 11) is 0. The second kappa shape index (κ2) is 5.13. The Bertz CT molecular complexity index is 541. The largest absolute Gasteiger partial charge is 0.324 e. The third kappa shape index (κ3) is 2.40. The second-order valence-corrected chi connectivity index (χ2v) is 5.60. The SMILES string of the molecule is CC(C)n1c(CN)nnc1C(C)(C)c1ccccc1. The standard InChI is InChI=1S/C15H22N4/c1-11(2)19-13(10-16)17-18-14(19)15(3,4)12-8-6-5-7-9-12/h5-9,11H,10,16H2,1-4H3. The molecule has 0 saturated carbocycles. The molecule has 0 atom stereocenters. The van der Waals surface area contributed by atoms with Crippen molar-refractivity contribution in [2.24, 2.45) is 5.73 Å². The Morgan fingerprint density at radius 1 is 1.16 bits per heavy atom. The van der Waals surface area contributed by atoms with Crippen LogP contribution < -0.4 is 5.73 Å². The molecule has 1 aromatic heterocycles. The van der Waals surface area contributed by atoms with E-state index in [0.717, 1.165) is 11.6 Å². The normalized spacial score (nSPS) is 12.1. The van der Waals surface area contributed by atoms with Crippen LogP contribution in [0.3, 0.4) is 0 Å². The molecule has 2 rings (SSSR count). The van der Waals surface area contributed by atoms with Gasteiger partial charge in [-0.15, -0.1) is 10.2 Å².